The number of halogens is 19. The Bertz CT molecular complexity index is 730. The Morgan fingerprint density at radius 1 is 0.625 bits per heavy atom. The summed E-state index contributed by atoms with van der Waals surface area (Å²) >= 11 is 0. The molecule has 1 aliphatic heterocycles. The van der Waals surface area contributed by atoms with E-state index in [0.29, 0.717) is 0 Å². The Kier molecular flexibility index (Phi) is 5.88. The largest absolute Gasteiger partial charge is 0.446 e. The van der Waals surface area contributed by atoms with E-state index < -0.39 is 65.0 Å². The molecule has 3 unspecified atom stereocenters. The molecule has 190 valence electrons. The molecule has 1 heterocycles. The van der Waals surface area contributed by atoms with Gasteiger partial charge < -0.3 is 0 Å². The summed E-state index contributed by atoms with van der Waals surface area (Å²) in [7, 11) is 0. The molecule has 0 spiro atoms. The summed E-state index contributed by atoms with van der Waals surface area (Å²) in [6, 6.07) is -14.1. The van der Waals surface area contributed by atoms with Gasteiger partial charge in [0.05, 0.1) is 0 Å². The summed E-state index contributed by atoms with van der Waals surface area (Å²) in [5.74, 6) is -16.9. The number of carbonyl (C=O) groups is 1. The van der Waals surface area contributed by atoms with Crippen LogP contribution in [0.25, 0.3) is 0 Å². The quantitative estimate of drug-likeness (QED) is 0.283. The number of ether oxygens (including phenoxy) is 1. The SMILES string of the molecule is O=C(F)C(F)(C(F)(F)F)C(F)(F)N1C(F)(C(F)(F)F)C(F)(F)OC(F)(F)C1(F)C(F)(F)F. The van der Waals surface area contributed by atoms with Gasteiger partial charge in [0, 0.05) is 0 Å². The van der Waals surface area contributed by atoms with Gasteiger partial charge in [-0.05, 0) is 0 Å². The first-order valence-electron chi connectivity index (χ1n) is 6.62. The predicted octanol–water partition coefficient (Wildman–Crippen LogP) is 5.32. The summed E-state index contributed by atoms with van der Waals surface area (Å²) in [4.78, 5) is 5.17. The van der Waals surface area contributed by atoms with Crippen molar-refractivity contribution in [3.8, 4) is 0 Å². The van der Waals surface area contributed by atoms with Crippen molar-refractivity contribution in [2.24, 2.45) is 0 Å². The smallest absolute Gasteiger partial charge is 0.257 e. The second-order valence-electron chi connectivity index (χ2n) is 5.68. The lowest BCUT2D eigenvalue weighted by molar-refractivity contribution is -0.601. The van der Waals surface area contributed by atoms with Crippen LogP contribution in [0.1, 0.15) is 0 Å². The highest BCUT2D eigenvalue weighted by molar-refractivity contribution is 5.81. The van der Waals surface area contributed by atoms with Crippen LogP contribution in [-0.4, -0.2) is 65.0 Å². The fraction of sp³-hybridized carbons (Fsp3) is 0.900. The van der Waals surface area contributed by atoms with E-state index in [2.05, 4.69) is 0 Å². The van der Waals surface area contributed by atoms with Gasteiger partial charge in [0.25, 0.3) is 0 Å². The number of alkyl halides is 18. The molecule has 0 radical (unpaired) electrons. The molecule has 3 atom stereocenters. The van der Waals surface area contributed by atoms with Gasteiger partial charge in [-0.15, -0.1) is 4.90 Å². The van der Waals surface area contributed by atoms with Crippen molar-refractivity contribution in [2.45, 2.75) is 54.0 Å². The Balaban J connectivity index is 4.40. The Labute approximate surface area is 159 Å². The van der Waals surface area contributed by atoms with E-state index in [4.69, 9.17) is 0 Å². The Morgan fingerprint density at radius 2 is 0.906 bits per heavy atom. The lowest BCUT2D eigenvalue weighted by atomic mass is 9.93. The van der Waals surface area contributed by atoms with Gasteiger partial charge in [0.1, 0.15) is 0 Å². The third-order valence-corrected chi connectivity index (χ3v) is 3.75. The highest BCUT2D eigenvalue weighted by Crippen LogP contribution is 2.67. The van der Waals surface area contributed by atoms with Crippen LogP contribution in [0.5, 0.6) is 0 Å². The van der Waals surface area contributed by atoms with Crippen molar-refractivity contribution < 1.29 is 92.9 Å². The van der Waals surface area contributed by atoms with Gasteiger partial charge in [-0.1, -0.05) is 0 Å². The average molecular weight is 527 g/mol. The number of morpholine rings is 1. The molecular formula is C10F19NO2. The molecule has 1 aliphatic rings. The monoisotopic (exact) mass is 527 g/mol. The van der Waals surface area contributed by atoms with Gasteiger partial charge >= 0.3 is 60.1 Å². The third-order valence-electron chi connectivity index (χ3n) is 3.75. The minimum atomic E-state index is -8.79. The van der Waals surface area contributed by atoms with Crippen LogP contribution >= 0.6 is 0 Å². The van der Waals surface area contributed by atoms with Crippen LogP contribution in [0, 0.1) is 0 Å². The van der Waals surface area contributed by atoms with E-state index in [9.17, 15) is 88.2 Å². The van der Waals surface area contributed by atoms with E-state index in [1.54, 1.807) is 0 Å². The molecular weight excluding hydrogens is 527 g/mol. The predicted molar refractivity (Wildman–Crippen MR) is 53.6 cm³/mol. The molecule has 0 amide bonds. The van der Waals surface area contributed by atoms with E-state index in [-0.39, 0.29) is 0 Å². The first kappa shape index (κ1) is 28.3. The normalized spacial score (nSPS) is 31.8. The molecule has 1 fully saturated rings. The van der Waals surface area contributed by atoms with Gasteiger partial charge in [0.15, 0.2) is 0 Å². The summed E-state index contributed by atoms with van der Waals surface area (Å²) in [5, 5.41) is 0. The average Bonchev–Trinajstić information content (AvgIpc) is 2.47. The first-order valence-corrected chi connectivity index (χ1v) is 6.62. The summed E-state index contributed by atoms with van der Waals surface area (Å²) in [6.07, 6.45) is -40.3. The van der Waals surface area contributed by atoms with Gasteiger partial charge in [-0.3, -0.25) is 4.79 Å². The van der Waals surface area contributed by atoms with E-state index in [1.807, 2.05) is 0 Å². The molecule has 0 saturated carbocycles. The minimum absolute atomic E-state index is 1.42. The third kappa shape index (κ3) is 3.10. The van der Waals surface area contributed by atoms with Gasteiger partial charge in [-0.25, -0.2) is 17.9 Å². The molecule has 32 heavy (non-hydrogen) atoms. The molecule has 0 aromatic rings. The maximum atomic E-state index is 14.2. The molecule has 0 N–H and O–H groups in total. The van der Waals surface area contributed by atoms with Crippen molar-refractivity contribution >= 4 is 6.04 Å². The van der Waals surface area contributed by atoms with Gasteiger partial charge in [0.2, 0.25) is 0 Å². The van der Waals surface area contributed by atoms with Crippen LogP contribution in [-0.2, 0) is 9.53 Å². The van der Waals surface area contributed by atoms with Crippen LogP contribution in [0.4, 0.5) is 83.4 Å². The zero-order valence-corrected chi connectivity index (χ0v) is 13.4. The molecule has 3 nitrogen and oxygen atoms in total. The molecule has 22 heteroatoms. The molecule has 0 aromatic heterocycles. The molecule has 1 saturated heterocycles. The fourth-order valence-electron chi connectivity index (χ4n) is 2.29. The zero-order chi connectivity index (χ0) is 26.4. The van der Waals surface area contributed by atoms with E-state index in [0.717, 1.165) is 0 Å². The Morgan fingerprint density at radius 3 is 1.09 bits per heavy atom. The molecule has 0 bridgehead atoms. The lowest BCUT2D eigenvalue weighted by Crippen LogP contribution is -2.89. The lowest BCUT2D eigenvalue weighted by Gasteiger charge is -2.57. The number of hydrogen-bond donors (Lipinski definition) is 0. The van der Waals surface area contributed by atoms with Crippen molar-refractivity contribution in [1.82, 2.24) is 4.90 Å². The number of rotatable bonds is 3. The second-order valence-corrected chi connectivity index (χ2v) is 5.68. The van der Waals surface area contributed by atoms with Crippen molar-refractivity contribution in [2.75, 3.05) is 0 Å². The topological polar surface area (TPSA) is 29.5 Å². The summed E-state index contributed by atoms with van der Waals surface area (Å²) in [6.45, 7) is 0. The second kappa shape index (κ2) is 6.65. The first-order chi connectivity index (χ1) is 13.5. The van der Waals surface area contributed by atoms with E-state index in [1.165, 1.54) is 4.74 Å². The number of hydrogen-bond acceptors (Lipinski definition) is 3. The highest BCUT2D eigenvalue weighted by Gasteiger charge is 2.99. The maximum Gasteiger partial charge on any atom is 0.446 e. The minimum Gasteiger partial charge on any atom is -0.257 e. The highest BCUT2D eigenvalue weighted by atomic mass is 19.4. The standard InChI is InChI=1S/C10F19NO2/c11-1(31)2(12,5(15,16)17)8(24,25)30-3(13,6(18,19)20)9(26,27)32-10(28,29)4(30,14)7(21,22)23. The molecule has 0 aliphatic carbocycles. The van der Waals surface area contributed by atoms with Crippen LogP contribution in [0.2, 0.25) is 0 Å². The number of nitrogens with zero attached hydrogens (tertiary/aromatic N) is 1. The van der Waals surface area contributed by atoms with Crippen molar-refractivity contribution in [3.63, 3.8) is 0 Å². The van der Waals surface area contributed by atoms with E-state index >= 15 is 0 Å². The van der Waals surface area contributed by atoms with Crippen LogP contribution in [0.15, 0.2) is 0 Å². The zero-order valence-electron chi connectivity index (χ0n) is 13.4. The summed E-state index contributed by atoms with van der Waals surface area (Å²) in [5.41, 5.74) is -8.24. The summed E-state index contributed by atoms with van der Waals surface area (Å²) < 4.78 is 252. The fourth-order valence-corrected chi connectivity index (χ4v) is 2.29. The van der Waals surface area contributed by atoms with Crippen molar-refractivity contribution in [3.05, 3.63) is 0 Å². The molecule has 0 aromatic carbocycles. The molecule has 1 rings (SSSR count). The number of carbonyl (C=O) groups excluding carboxylic acids is 1. The van der Waals surface area contributed by atoms with Crippen LogP contribution in [0.3, 0.4) is 0 Å². The van der Waals surface area contributed by atoms with Crippen LogP contribution < -0.4 is 0 Å². The maximum absolute atomic E-state index is 14.2. The van der Waals surface area contributed by atoms with Crippen molar-refractivity contribution in [1.29, 1.82) is 0 Å². The van der Waals surface area contributed by atoms with Gasteiger partial charge in [-0.2, -0.15) is 70.2 Å². The Hall–Kier alpha value is -1.74.